The van der Waals surface area contributed by atoms with Crippen molar-refractivity contribution in [2.45, 2.75) is 6.92 Å². The molecular weight excluding hydrogens is 324 g/mol. The molecule has 0 radical (unpaired) electrons. The molecule has 0 bridgehead atoms. The number of anilines is 1. The van der Waals surface area contributed by atoms with Gasteiger partial charge in [0.25, 0.3) is 0 Å². The molecule has 0 spiro atoms. The van der Waals surface area contributed by atoms with Gasteiger partial charge in [-0.3, -0.25) is 0 Å². The van der Waals surface area contributed by atoms with Crippen molar-refractivity contribution in [1.82, 2.24) is 5.32 Å². The summed E-state index contributed by atoms with van der Waals surface area (Å²) in [7, 11) is 1.65. The van der Waals surface area contributed by atoms with E-state index in [4.69, 9.17) is 26.4 Å². The Morgan fingerprint density at radius 3 is 2.46 bits per heavy atom. The number of nitrogens with one attached hydrogen (secondary N) is 2. The average molecular weight is 346 g/mol. The molecule has 0 fully saturated rings. The molecule has 0 amide bonds. The predicted octanol–water partition coefficient (Wildman–Crippen LogP) is 3.81. The number of hydrogen-bond acceptors (Lipinski definition) is 4. The lowest BCUT2D eigenvalue weighted by molar-refractivity contribution is 0.204. The number of thiocarbonyl (C=S) groups is 1. The molecule has 6 heteroatoms. The lowest BCUT2D eigenvalue weighted by atomic mass is 10.3. The molecule has 0 saturated heterocycles. The van der Waals surface area contributed by atoms with Crippen molar-refractivity contribution in [3.05, 3.63) is 48.5 Å². The third-order valence-corrected chi connectivity index (χ3v) is 3.34. The molecule has 0 atom stereocenters. The standard InChI is InChI=1S/C18H22N2O3S/c1-3-22-14-8-10-15(11-9-14)23-17-7-5-4-6-16(17)20-18(24)19-12-13-21-2/h4-11H,3,12-13H2,1-2H3,(H2,19,20,24). The van der Waals surface area contributed by atoms with Crippen molar-refractivity contribution in [2.75, 3.05) is 32.2 Å². The SMILES string of the molecule is CCOc1ccc(Oc2ccccc2NC(=S)NCCOC)cc1. The summed E-state index contributed by atoms with van der Waals surface area (Å²) >= 11 is 5.27. The first-order chi connectivity index (χ1) is 11.7. The molecular formula is C18H22N2O3S. The van der Waals surface area contributed by atoms with Crippen LogP contribution in [0.25, 0.3) is 0 Å². The van der Waals surface area contributed by atoms with Crippen LogP contribution in [0.15, 0.2) is 48.5 Å². The highest BCUT2D eigenvalue weighted by molar-refractivity contribution is 7.80. The van der Waals surface area contributed by atoms with Crippen molar-refractivity contribution < 1.29 is 14.2 Å². The van der Waals surface area contributed by atoms with Crippen molar-refractivity contribution in [2.24, 2.45) is 0 Å². The molecule has 2 aromatic carbocycles. The molecule has 0 heterocycles. The number of benzene rings is 2. The largest absolute Gasteiger partial charge is 0.494 e. The van der Waals surface area contributed by atoms with Gasteiger partial charge in [0, 0.05) is 13.7 Å². The zero-order valence-electron chi connectivity index (χ0n) is 13.9. The van der Waals surface area contributed by atoms with E-state index in [0.29, 0.717) is 30.6 Å². The van der Waals surface area contributed by atoms with Gasteiger partial charge >= 0.3 is 0 Å². The fourth-order valence-electron chi connectivity index (χ4n) is 1.99. The number of ether oxygens (including phenoxy) is 3. The minimum absolute atomic E-state index is 0.523. The second kappa shape index (κ2) is 9.75. The van der Waals surface area contributed by atoms with Crippen LogP contribution in [0.2, 0.25) is 0 Å². The summed E-state index contributed by atoms with van der Waals surface area (Å²) in [5.74, 6) is 2.24. The molecule has 128 valence electrons. The van der Waals surface area contributed by atoms with Crippen molar-refractivity contribution in [3.63, 3.8) is 0 Å². The van der Waals surface area contributed by atoms with Crippen LogP contribution in [-0.2, 0) is 4.74 Å². The molecule has 24 heavy (non-hydrogen) atoms. The van der Waals surface area contributed by atoms with Gasteiger partial charge < -0.3 is 24.8 Å². The van der Waals surface area contributed by atoms with E-state index in [9.17, 15) is 0 Å². The highest BCUT2D eigenvalue weighted by Gasteiger charge is 2.06. The third-order valence-electron chi connectivity index (χ3n) is 3.09. The van der Waals surface area contributed by atoms with Gasteiger partial charge in [0.2, 0.25) is 0 Å². The van der Waals surface area contributed by atoms with Crippen LogP contribution in [0.3, 0.4) is 0 Å². The summed E-state index contributed by atoms with van der Waals surface area (Å²) in [5.41, 5.74) is 0.793. The fraction of sp³-hybridized carbons (Fsp3) is 0.278. The Kier molecular flexibility index (Phi) is 7.32. The molecule has 5 nitrogen and oxygen atoms in total. The quantitative estimate of drug-likeness (QED) is 0.560. The molecule has 0 aliphatic rings. The van der Waals surface area contributed by atoms with E-state index in [1.165, 1.54) is 0 Å². The van der Waals surface area contributed by atoms with Crippen LogP contribution >= 0.6 is 12.2 Å². The Morgan fingerprint density at radius 1 is 1.04 bits per heavy atom. The topological polar surface area (TPSA) is 51.8 Å². The van der Waals surface area contributed by atoms with Crippen LogP contribution in [-0.4, -0.2) is 32.0 Å². The van der Waals surface area contributed by atoms with E-state index < -0.39 is 0 Å². The summed E-state index contributed by atoms with van der Waals surface area (Å²) in [4.78, 5) is 0. The van der Waals surface area contributed by atoms with Gasteiger partial charge in [0.15, 0.2) is 10.9 Å². The maximum absolute atomic E-state index is 5.94. The first-order valence-corrected chi connectivity index (χ1v) is 8.17. The number of hydrogen-bond donors (Lipinski definition) is 2. The first kappa shape index (κ1) is 18.0. The van der Waals surface area contributed by atoms with Gasteiger partial charge in [-0.15, -0.1) is 0 Å². The van der Waals surface area contributed by atoms with E-state index >= 15 is 0 Å². The molecule has 2 N–H and O–H groups in total. The number of rotatable bonds is 8. The summed E-state index contributed by atoms with van der Waals surface area (Å²) in [6.45, 7) is 3.83. The van der Waals surface area contributed by atoms with E-state index in [2.05, 4.69) is 10.6 Å². The van der Waals surface area contributed by atoms with E-state index in [1.54, 1.807) is 7.11 Å². The van der Waals surface area contributed by atoms with Gasteiger partial charge in [0.05, 0.1) is 18.9 Å². The Labute approximate surface area is 147 Å². The Morgan fingerprint density at radius 2 is 1.75 bits per heavy atom. The Balaban J connectivity index is 2.01. The molecule has 0 saturated carbocycles. The number of para-hydroxylation sites is 2. The minimum atomic E-state index is 0.523. The van der Waals surface area contributed by atoms with Gasteiger partial charge in [-0.25, -0.2) is 0 Å². The van der Waals surface area contributed by atoms with Crippen molar-refractivity contribution >= 4 is 23.0 Å². The highest BCUT2D eigenvalue weighted by Crippen LogP contribution is 2.30. The monoisotopic (exact) mass is 346 g/mol. The molecule has 0 aliphatic carbocycles. The van der Waals surface area contributed by atoms with Crippen molar-refractivity contribution in [1.29, 1.82) is 0 Å². The van der Waals surface area contributed by atoms with Gasteiger partial charge in [-0.2, -0.15) is 0 Å². The second-order valence-corrected chi connectivity index (χ2v) is 5.28. The van der Waals surface area contributed by atoms with E-state index in [1.807, 2.05) is 55.5 Å². The maximum Gasteiger partial charge on any atom is 0.170 e. The lowest BCUT2D eigenvalue weighted by Crippen LogP contribution is -2.31. The Hall–Kier alpha value is -2.31. The summed E-state index contributed by atoms with van der Waals surface area (Å²) in [6.07, 6.45) is 0. The van der Waals surface area contributed by atoms with E-state index in [-0.39, 0.29) is 0 Å². The molecule has 0 aromatic heterocycles. The normalized spacial score (nSPS) is 10.1. The maximum atomic E-state index is 5.94. The zero-order valence-corrected chi connectivity index (χ0v) is 14.7. The lowest BCUT2D eigenvalue weighted by Gasteiger charge is -2.14. The van der Waals surface area contributed by atoms with Crippen molar-refractivity contribution in [3.8, 4) is 17.2 Å². The van der Waals surface area contributed by atoms with Gasteiger partial charge in [0.1, 0.15) is 11.5 Å². The van der Waals surface area contributed by atoms with Crippen LogP contribution in [0.1, 0.15) is 6.92 Å². The van der Waals surface area contributed by atoms with Crippen LogP contribution in [0.5, 0.6) is 17.2 Å². The highest BCUT2D eigenvalue weighted by atomic mass is 32.1. The minimum Gasteiger partial charge on any atom is -0.494 e. The second-order valence-electron chi connectivity index (χ2n) is 4.88. The van der Waals surface area contributed by atoms with Crippen LogP contribution < -0.4 is 20.1 Å². The van der Waals surface area contributed by atoms with Gasteiger partial charge in [-0.05, 0) is 55.5 Å². The molecule has 2 rings (SSSR count). The molecule has 0 unspecified atom stereocenters. The predicted molar refractivity (Wildman–Crippen MR) is 100 cm³/mol. The Bertz CT molecular complexity index is 647. The summed E-state index contributed by atoms with van der Waals surface area (Å²) < 4.78 is 16.4. The third kappa shape index (κ3) is 5.72. The average Bonchev–Trinajstić information content (AvgIpc) is 2.59. The van der Waals surface area contributed by atoms with Crippen LogP contribution in [0.4, 0.5) is 5.69 Å². The fourth-order valence-corrected chi connectivity index (χ4v) is 2.20. The molecule has 2 aromatic rings. The number of methoxy groups -OCH3 is 1. The first-order valence-electron chi connectivity index (χ1n) is 7.76. The summed E-state index contributed by atoms with van der Waals surface area (Å²) in [5, 5.41) is 6.73. The summed E-state index contributed by atoms with van der Waals surface area (Å²) in [6, 6.07) is 15.1. The zero-order chi connectivity index (χ0) is 17.2. The smallest absolute Gasteiger partial charge is 0.170 e. The van der Waals surface area contributed by atoms with E-state index in [0.717, 1.165) is 17.2 Å². The van der Waals surface area contributed by atoms with Crippen LogP contribution in [0, 0.1) is 0 Å². The molecule has 0 aliphatic heterocycles. The van der Waals surface area contributed by atoms with Gasteiger partial charge in [-0.1, -0.05) is 12.1 Å².